The molecule has 1 aliphatic carbocycles. The fraction of sp³-hybridized carbons (Fsp3) is 0.292. The highest BCUT2D eigenvalue weighted by molar-refractivity contribution is 7.99. The predicted molar refractivity (Wildman–Crippen MR) is 122 cm³/mol. The van der Waals surface area contributed by atoms with E-state index in [0.717, 1.165) is 47.8 Å². The molecule has 0 aliphatic heterocycles. The highest BCUT2D eigenvalue weighted by atomic mass is 32.2. The average Bonchev–Trinajstić information content (AvgIpc) is 3.39. The molecule has 1 aliphatic rings. The molecule has 6 heteroatoms. The topological polar surface area (TPSA) is 67.8 Å². The van der Waals surface area contributed by atoms with Crippen LogP contribution in [0.3, 0.4) is 0 Å². The molecule has 0 saturated heterocycles. The summed E-state index contributed by atoms with van der Waals surface area (Å²) in [7, 11) is 0. The number of nitrogens with one attached hydrogen (secondary N) is 1. The van der Waals surface area contributed by atoms with Crippen LogP contribution in [0.25, 0.3) is 21.8 Å². The van der Waals surface area contributed by atoms with E-state index in [1.54, 1.807) is 0 Å². The Bertz CT molecular complexity index is 1320. The van der Waals surface area contributed by atoms with E-state index in [-0.39, 0.29) is 23.1 Å². The number of carbonyl (C=O) groups excluding carboxylic acids is 1. The number of carbonyl (C=O) groups is 1. The van der Waals surface area contributed by atoms with Crippen LogP contribution in [-0.2, 0) is 0 Å². The molecule has 0 atom stereocenters. The Labute approximate surface area is 178 Å². The van der Waals surface area contributed by atoms with Gasteiger partial charge >= 0.3 is 0 Å². The molecule has 0 radical (unpaired) electrons. The fourth-order valence-corrected chi connectivity index (χ4v) is 5.49. The minimum absolute atomic E-state index is 0.00530. The molecular weight excluding hydrogens is 394 g/mol. The largest absolute Gasteiger partial charge is 0.358 e. The highest BCUT2D eigenvalue weighted by Crippen LogP contribution is 2.33. The molecule has 1 saturated carbocycles. The summed E-state index contributed by atoms with van der Waals surface area (Å²) in [5, 5.41) is 2.24. The van der Waals surface area contributed by atoms with Gasteiger partial charge in [-0.2, -0.15) is 0 Å². The van der Waals surface area contributed by atoms with Crippen LogP contribution in [0.5, 0.6) is 0 Å². The molecule has 0 unspecified atom stereocenters. The van der Waals surface area contributed by atoms with E-state index in [9.17, 15) is 9.59 Å². The SMILES string of the molecule is Cc1[nH]c2ccccc2c1C(=O)CSc1nc2ccccc2c(=O)n1C1CCCC1. The number of thioether (sulfide) groups is 1. The molecular formula is C24H23N3O2S. The summed E-state index contributed by atoms with van der Waals surface area (Å²) in [4.78, 5) is 34.5. The number of hydrogen-bond donors (Lipinski definition) is 1. The van der Waals surface area contributed by atoms with Gasteiger partial charge < -0.3 is 4.98 Å². The normalized spacial score (nSPS) is 14.7. The Kier molecular flexibility index (Phi) is 4.95. The minimum atomic E-state index is 0.00530. The second-order valence-electron chi connectivity index (χ2n) is 7.91. The zero-order valence-electron chi connectivity index (χ0n) is 16.9. The third kappa shape index (κ3) is 3.25. The van der Waals surface area contributed by atoms with E-state index in [1.807, 2.05) is 60.0 Å². The minimum Gasteiger partial charge on any atom is -0.358 e. The first-order valence-electron chi connectivity index (χ1n) is 10.4. The Morgan fingerprint density at radius 1 is 1.10 bits per heavy atom. The molecule has 4 aromatic rings. The number of ketones is 1. The van der Waals surface area contributed by atoms with Crippen molar-refractivity contribution in [1.29, 1.82) is 0 Å². The molecule has 1 N–H and O–H groups in total. The lowest BCUT2D eigenvalue weighted by atomic mass is 10.1. The lowest BCUT2D eigenvalue weighted by Crippen LogP contribution is -2.26. The Morgan fingerprint density at radius 3 is 2.60 bits per heavy atom. The predicted octanol–water partition coefficient (Wildman–Crippen LogP) is 5.28. The molecule has 0 amide bonds. The van der Waals surface area contributed by atoms with Gasteiger partial charge in [0.2, 0.25) is 0 Å². The first kappa shape index (κ1) is 19.1. The maximum Gasteiger partial charge on any atom is 0.262 e. The van der Waals surface area contributed by atoms with Crippen LogP contribution < -0.4 is 5.56 Å². The van der Waals surface area contributed by atoms with Gasteiger partial charge in [-0.15, -0.1) is 0 Å². The zero-order chi connectivity index (χ0) is 20.7. The summed E-state index contributed by atoms with van der Waals surface area (Å²) in [5.74, 6) is 0.301. The smallest absolute Gasteiger partial charge is 0.262 e. The number of H-pyrrole nitrogens is 1. The summed E-state index contributed by atoms with van der Waals surface area (Å²) in [6.07, 6.45) is 4.23. The van der Waals surface area contributed by atoms with Gasteiger partial charge in [0.1, 0.15) is 0 Å². The molecule has 0 spiro atoms. The molecule has 2 aromatic heterocycles. The third-order valence-electron chi connectivity index (χ3n) is 5.97. The number of hydrogen-bond acceptors (Lipinski definition) is 4. The fourth-order valence-electron chi connectivity index (χ4n) is 4.55. The molecule has 5 rings (SSSR count). The lowest BCUT2D eigenvalue weighted by Gasteiger charge is -2.18. The number of aromatic amines is 1. The van der Waals surface area contributed by atoms with Crippen LogP contribution in [0.4, 0.5) is 0 Å². The van der Waals surface area contributed by atoms with E-state index in [4.69, 9.17) is 4.98 Å². The number of benzene rings is 2. The number of Topliss-reactive ketones (excluding diaryl/α,β-unsaturated/α-hetero) is 1. The second kappa shape index (κ2) is 7.76. The van der Waals surface area contributed by atoms with Crippen LogP contribution >= 0.6 is 11.8 Å². The van der Waals surface area contributed by atoms with Crippen molar-refractivity contribution in [2.45, 2.75) is 43.8 Å². The molecule has 2 heterocycles. The van der Waals surface area contributed by atoms with Gasteiger partial charge in [0.15, 0.2) is 10.9 Å². The number of nitrogens with zero attached hydrogens (tertiary/aromatic N) is 2. The van der Waals surface area contributed by atoms with Gasteiger partial charge in [-0.25, -0.2) is 4.98 Å². The van der Waals surface area contributed by atoms with Gasteiger partial charge in [0, 0.05) is 28.2 Å². The maximum absolute atomic E-state index is 13.3. The number of para-hydroxylation sites is 2. The van der Waals surface area contributed by atoms with Crippen LogP contribution in [0.15, 0.2) is 58.5 Å². The first-order valence-corrected chi connectivity index (χ1v) is 11.4. The summed E-state index contributed by atoms with van der Waals surface area (Å²) in [6, 6.07) is 15.5. The van der Waals surface area contributed by atoms with Crippen LogP contribution in [0.1, 0.15) is 47.8 Å². The van der Waals surface area contributed by atoms with Gasteiger partial charge in [-0.05, 0) is 38.0 Å². The summed E-state index contributed by atoms with van der Waals surface area (Å²) >= 11 is 1.37. The van der Waals surface area contributed by atoms with Crippen LogP contribution in [-0.4, -0.2) is 26.1 Å². The zero-order valence-corrected chi connectivity index (χ0v) is 17.7. The van der Waals surface area contributed by atoms with Crippen molar-refractivity contribution in [1.82, 2.24) is 14.5 Å². The van der Waals surface area contributed by atoms with E-state index in [1.165, 1.54) is 11.8 Å². The highest BCUT2D eigenvalue weighted by Gasteiger charge is 2.24. The number of rotatable bonds is 5. The first-order chi connectivity index (χ1) is 14.6. The second-order valence-corrected chi connectivity index (χ2v) is 8.85. The number of aryl methyl sites for hydroxylation is 1. The van der Waals surface area contributed by atoms with Crippen molar-refractivity contribution in [2.24, 2.45) is 0 Å². The van der Waals surface area contributed by atoms with Crippen molar-refractivity contribution >= 4 is 39.4 Å². The van der Waals surface area contributed by atoms with E-state index in [2.05, 4.69) is 4.98 Å². The monoisotopic (exact) mass is 417 g/mol. The van der Waals surface area contributed by atoms with Gasteiger partial charge in [-0.1, -0.05) is 54.9 Å². The summed E-state index contributed by atoms with van der Waals surface area (Å²) in [5.41, 5.74) is 3.27. The molecule has 1 fully saturated rings. The van der Waals surface area contributed by atoms with Gasteiger partial charge in [-0.3, -0.25) is 14.2 Å². The van der Waals surface area contributed by atoms with Crippen molar-refractivity contribution in [3.8, 4) is 0 Å². The molecule has 5 nitrogen and oxygen atoms in total. The quantitative estimate of drug-likeness (QED) is 0.273. The Morgan fingerprint density at radius 2 is 1.80 bits per heavy atom. The Hall–Kier alpha value is -2.86. The van der Waals surface area contributed by atoms with Gasteiger partial charge in [0.25, 0.3) is 5.56 Å². The molecule has 2 aromatic carbocycles. The maximum atomic E-state index is 13.3. The van der Waals surface area contributed by atoms with E-state index in [0.29, 0.717) is 16.1 Å². The van der Waals surface area contributed by atoms with E-state index >= 15 is 0 Å². The number of fused-ring (bicyclic) bond motifs is 2. The number of aromatic nitrogens is 3. The van der Waals surface area contributed by atoms with Crippen LogP contribution in [0, 0.1) is 6.92 Å². The lowest BCUT2D eigenvalue weighted by molar-refractivity contribution is 0.102. The molecule has 152 valence electrons. The molecule has 0 bridgehead atoms. The van der Waals surface area contributed by atoms with Gasteiger partial charge in [0.05, 0.1) is 16.7 Å². The van der Waals surface area contributed by atoms with Crippen molar-refractivity contribution in [3.63, 3.8) is 0 Å². The average molecular weight is 418 g/mol. The van der Waals surface area contributed by atoms with Crippen molar-refractivity contribution in [2.75, 3.05) is 5.75 Å². The van der Waals surface area contributed by atoms with Crippen LogP contribution in [0.2, 0.25) is 0 Å². The van der Waals surface area contributed by atoms with Crippen molar-refractivity contribution in [3.05, 3.63) is 70.1 Å². The molecule has 30 heavy (non-hydrogen) atoms. The van der Waals surface area contributed by atoms with Crippen molar-refractivity contribution < 1.29 is 4.79 Å². The summed E-state index contributed by atoms with van der Waals surface area (Å²) < 4.78 is 1.84. The standard InChI is InChI=1S/C24H23N3O2S/c1-15-22(17-10-4-6-12-19(17)25-15)21(28)14-30-24-26-20-13-7-5-11-18(20)23(29)27(24)16-8-2-3-9-16/h4-7,10-13,16,25H,2-3,8-9,14H2,1H3. The third-order valence-corrected chi connectivity index (χ3v) is 6.92. The Balaban J connectivity index is 1.52. The van der Waals surface area contributed by atoms with E-state index < -0.39 is 0 Å². The summed E-state index contributed by atoms with van der Waals surface area (Å²) in [6.45, 7) is 1.93.